The van der Waals surface area contributed by atoms with E-state index in [0.29, 0.717) is 11.4 Å². The number of aliphatic hydroxyl groups excluding tert-OH is 1. The summed E-state index contributed by atoms with van der Waals surface area (Å²) >= 11 is 0. The molecule has 25 heavy (non-hydrogen) atoms. The van der Waals surface area contributed by atoms with Crippen molar-refractivity contribution in [1.82, 2.24) is 25.5 Å². The molecule has 0 atom stereocenters. The smallest absolute Gasteiger partial charge is 0.290 e. The predicted octanol–water partition coefficient (Wildman–Crippen LogP) is 1.56. The second kappa shape index (κ2) is 6.48. The molecular weight excluding hydrogens is 322 g/mol. The second-order valence-electron chi connectivity index (χ2n) is 6.07. The minimum absolute atomic E-state index is 0.0403. The van der Waals surface area contributed by atoms with Crippen LogP contribution in [0.15, 0.2) is 47.1 Å². The first-order valence-electron chi connectivity index (χ1n) is 8.07. The summed E-state index contributed by atoms with van der Waals surface area (Å²) in [5.74, 6) is -0.0850. The van der Waals surface area contributed by atoms with E-state index >= 15 is 0 Å². The number of nitrogens with one attached hydrogen (secondary N) is 1. The first kappa shape index (κ1) is 15.5. The Morgan fingerprint density at radius 2 is 2.12 bits per heavy atom. The molecule has 128 valence electrons. The highest BCUT2D eigenvalue weighted by Crippen LogP contribution is 2.32. The molecule has 0 spiro atoms. The van der Waals surface area contributed by atoms with Crippen LogP contribution in [-0.2, 0) is 6.61 Å². The Morgan fingerprint density at radius 1 is 1.32 bits per heavy atom. The van der Waals surface area contributed by atoms with E-state index < -0.39 is 0 Å². The molecular formula is C17H17N5O3. The zero-order chi connectivity index (χ0) is 17.2. The van der Waals surface area contributed by atoms with Crippen LogP contribution in [0.3, 0.4) is 0 Å². The minimum atomic E-state index is -0.279. The molecule has 0 aliphatic heterocycles. The lowest BCUT2D eigenvalue weighted by Gasteiger charge is -2.35. The second-order valence-corrected chi connectivity index (χ2v) is 6.07. The van der Waals surface area contributed by atoms with Crippen LogP contribution in [0.4, 0.5) is 0 Å². The first-order valence-corrected chi connectivity index (χ1v) is 8.07. The molecule has 3 aromatic rings. The number of benzene rings is 1. The molecule has 8 nitrogen and oxygen atoms in total. The molecule has 0 saturated heterocycles. The quantitative estimate of drug-likeness (QED) is 0.731. The van der Waals surface area contributed by atoms with E-state index in [-0.39, 0.29) is 30.4 Å². The number of carbonyl (C=O) groups is 1. The molecule has 8 heteroatoms. The number of amides is 1. The van der Waals surface area contributed by atoms with Crippen molar-refractivity contribution in [2.45, 2.75) is 31.5 Å². The lowest BCUT2D eigenvalue weighted by atomic mass is 9.86. The SMILES string of the molecule is O=C(NC1CC(n2nncc2CO)C1)c1cc(-c2ccccc2)no1. The van der Waals surface area contributed by atoms with Crippen molar-refractivity contribution in [2.75, 3.05) is 0 Å². The predicted molar refractivity (Wildman–Crippen MR) is 87.4 cm³/mol. The van der Waals surface area contributed by atoms with Gasteiger partial charge in [0.15, 0.2) is 0 Å². The van der Waals surface area contributed by atoms with Crippen molar-refractivity contribution < 1.29 is 14.4 Å². The summed E-state index contributed by atoms with van der Waals surface area (Å²) in [6.45, 7) is -0.0964. The summed E-state index contributed by atoms with van der Waals surface area (Å²) in [4.78, 5) is 12.3. The van der Waals surface area contributed by atoms with Gasteiger partial charge in [0.1, 0.15) is 5.69 Å². The van der Waals surface area contributed by atoms with E-state index in [1.165, 1.54) is 0 Å². The number of hydrogen-bond acceptors (Lipinski definition) is 6. The highest BCUT2D eigenvalue weighted by Gasteiger charge is 2.34. The van der Waals surface area contributed by atoms with Crippen LogP contribution >= 0.6 is 0 Å². The van der Waals surface area contributed by atoms with Crippen molar-refractivity contribution in [3.05, 3.63) is 54.0 Å². The average Bonchev–Trinajstić information content (AvgIpc) is 3.27. The van der Waals surface area contributed by atoms with E-state index in [4.69, 9.17) is 4.52 Å². The third-order valence-electron chi connectivity index (χ3n) is 4.41. The van der Waals surface area contributed by atoms with Gasteiger partial charge >= 0.3 is 0 Å². The fraction of sp³-hybridized carbons (Fsp3) is 0.294. The van der Waals surface area contributed by atoms with Gasteiger partial charge in [0, 0.05) is 17.7 Å². The van der Waals surface area contributed by atoms with E-state index in [9.17, 15) is 9.90 Å². The van der Waals surface area contributed by atoms with Gasteiger partial charge < -0.3 is 14.9 Å². The Kier molecular flexibility index (Phi) is 4.02. The van der Waals surface area contributed by atoms with Crippen LogP contribution in [0, 0.1) is 0 Å². The molecule has 2 N–H and O–H groups in total. The maximum Gasteiger partial charge on any atom is 0.290 e. The van der Waals surface area contributed by atoms with Crippen molar-refractivity contribution >= 4 is 5.91 Å². The molecule has 0 unspecified atom stereocenters. The Bertz CT molecular complexity index is 867. The molecule has 1 aliphatic carbocycles. The van der Waals surface area contributed by atoms with Gasteiger partial charge in [0.2, 0.25) is 5.76 Å². The van der Waals surface area contributed by atoms with Gasteiger partial charge in [-0.1, -0.05) is 40.7 Å². The van der Waals surface area contributed by atoms with E-state index in [1.54, 1.807) is 16.9 Å². The largest absolute Gasteiger partial charge is 0.390 e. The molecule has 1 saturated carbocycles. The van der Waals surface area contributed by atoms with Crippen LogP contribution in [0.1, 0.15) is 35.1 Å². The van der Waals surface area contributed by atoms with Crippen molar-refractivity contribution in [3.8, 4) is 11.3 Å². The summed E-state index contributed by atoms with van der Waals surface area (Å²) < 4.78 is 6.88. The van der Waals surface area contributed by atoms with Gasteiger partial charge in [-0.25, -0.2) is 4.68 Å². The fourth-order valence-electron chi connectivity index (χ4n) is 2.97. The molecule has 1 aromatic carbocycles. The van der Waals surface area contributed by atoms with Gasteiger partial charge in [-0.2, -0.15) is 0 Å². The Balaban J connectivity index is 1.35. The van der Waals surface area contributed by atoms with Crippen molar-refractivity contribution in [3.63, 3.8) is 0 Å². The molecule has 1 amide bonds. The lowest BCUT2D eigenvalue weighted by molar-refractivity contribution is 0.0847. The lowest BCUT2D eigenvalue weighted by Crippen LogP contribution is -2.45. The van der Waals surface area contributed by atoms with E-state index in [2.05, 4.69) is 20.8 Å². The standard InChI is InChI=1S/C17H17N5O3/c23-10-14-9-18-21-22(14)13-6-12(7-13)19-17(24)16-8-15(20-25-16)11-4-2-1-3-5-11/h1-5,8-9,12-13,23H,6-7,10H2,(H,19,24). The third-order valence-corrected chi connectivity index (χ3v) is 4.41. The monoisotopic (exact) mass is 339 g/mol. The number of rotatable bonds is 5. The molecule has 2 aromatic heterocycles. The fourth-order valence-corrected chi connectivity index (χ4v) is 2.97. The summed E-state index contributed by atoms with van der Waals surface area (Å²) in [5, 5.41) is 23.9. The highest BCUT2D eigenvalue weighted by molar-refractivity contribution is 5.92. The number of aromatic nitrogens is 4. The van der Waals surface area contributed by atoms with Crippen LogP contribution in [0.5, 0.6) is 0 Å². The summed E-state index contributed by atoms with van der Waals surface area (Å²) in [6.07, 6.45) is 3.02. The molecule has 2 heterocycles. The molecule has 4 rings (SSSR count). The zero-order valence-electron chi connectivity index (χ0n) is 13.4. The highest BCUT2D eigenvalue weighted by atomic mass is 16.5. The maximum atomic E-state index is 12.3. The van der Waals surface area contributed by atoms with Crippen molar-refractivity contribution in [2.24, 2.45) is 0 Å². The Morgan fingerprint density at radius 3 is 2.88 bits per heavy atom. The third kappa shape index (κ3) is 3.03. The molecule has 1 aliphatic rings. The summed E-state index contributed by atoms with van der Waals surface area (Å²) in [7, 11) is 0. The van der Waals surface area contributed by atoms with Crippen LogP contribution in [0.2, 0.25) is 0 Å². The van der Waals surface area contributed by atoms with Gasteiger partial charge in [-0.05, 0) is 12.8 Å². The van der Waals surface area contributed by atoms with Gasteiger partial charge in [0.05, 0.1) is 24.5 Å². The number of aliphatic hydroxyl groups is 1. The maximum absolute atomic E-state index is 12.3. The van der Waals surface area contributed by atoms with Crippen LogP contribution in [0.25, 0.3) is 11.3 Å². The molecule has 0 bridgehead atoms. The first-order chi connectivity index (χ1) is 12.2. The molecule has 1 fully saturated rings. The van der Waals surface area contributed by atoms with Crippen molar-refractivity contribution in [1.29, 1.82) is 0 Å². The van der Waals surface area contributed by atoms with Gasteiger partial charge in [-0.3, -0.25) is 4.79 Å². The minimum Gasteiger partial charge on any atom is -0.390 e. The normalized spacial score (nSPS) is 19.4. The van der Waals surface area contributed by atoms with Crippen LogP contribution in [-0.4, -0.2) is 37.2 Å². The van der Waals surface area contributed by atoms with E-state index in [1.807, 2.05) is 30.3 Å². The topological polar surface area (TPSA) is 106 Å². The number of nitrogens with zero attached hydrogens (tertiary/aromatic N) is 4. The molecule has 0 radical (unpaired) electrons. The summed E-state index contributed by atoms with van der Waals surface area (Å²) in [6, 6.07) is 11.4. The zero-order valence-corrected chi connectivity index (χ0v) is 13.4. The van der Waals surface area contributed by atoms with Crippen LogP contribution < -0.4 is 5.32 Å². The summed E-state index contributed by atoms with van der Waals surface area (Å²) in [5.41, 5.74) is 2.21. The average molecular weight is 339 g/mol. The number of hydrogen-bond donors (Lipinski definition) is 2. The Hall–Kier alpha value is -3.00. The van der Waals surface area contributed by atoms with E-state index in [0.717, 1.165) is 18.4 Å². The number of carbonyl (C=O) groups excluding carboxylic acids is 1. The van der Waals surface area contributed by atoms with Gasteiger partial charge in [0.25, 0.3) is 5.91 Å². The van der Waals surface area contributed by atoms with Gasteiger partial charge in [-0.15, -0.1) is 5.10 Å². The Labute approximate surface area is 143 Å².